The normalized spacial score (nSPS) is 35.4. The zero-order chi connectivity index (χ0) is 13.6. The van der Waals surface area contributed by atoms with Crippen LogP contribution in [0.2, 0.25) is 0 Å². The summed E-state index contributed by atoms with van der Waals surface area (Å²) in [6, 6.07) is 5.97. The van der Waals surface area contributed by atoms with E-state index in [0.29, 0.717) is 30.5 Å². The van der Waals surface area contributed by atoms with Crippen molar-refractivity contribution in [1.82, 2.24) is 4.90 Å². The van der Waals surface area contributed by atoms with Crippen LogP contribution < -0.4 is 0 Å². The second-order valence-electron chi connectivity index (χ2n) is 6.33. The van der Waals surface area contributed by atoms with Crippen molar-refractivity contribution < 1.29 is 9.50 Å². The molecular formula is C16H22FNO. The second kappa shape index (κ2) is 4.57. The summed E-state index contributed by atoms with van der Waals surface area (Å²) in [7, 11) is 2.14. The molecule has 2 bridgehead atoms. The van der Waals surface area contributed by atoms with Gasteiger partial charge in [-0.1, -0.05) is 18.6 Å². The highest BCUT2D eigenvalue weighted by Gasteiger charge is 2.45. The van der Waals surface area contributed by atoms with Crippen LogP contribution in [0.3, 0.4) is 0 Å². The molecule has 3 heteroatoms. The van der Waals surface area contributed by atoms with Gasteiger partial charge in [-0.25, -0.2) is 4.39 Å². The highest BCUT2D eigenvalue weighted by Crippen LogP contribution is 2.44. The summed E-state index contributed by atoms with van der Waals surface area (Å²) >= 11 is 0. The minimum absolute atomic E-state index is 0.259. The smallest absolute Gasteiger partial charge is 0.129 e. The van der Waals surface area contributed by atoms with Crippen LogP contribution in [0.4, 0.5) is 4.39 Å². The Morgan fingerprint density at radius 3 is 2.47 bits per heavy atom. The molecule has 2 saturated heterocycles. The van der Waals surface area contributed by atoms with Gasteiger partial charge in [-0.05, 0) is 51.3 Å². The van der Waals surface area contributed by atoms with Crippen LogP contribution in [0.25, 0.3) is 0 Å². The molecule has 0 spiro atoms. The fraction of sp³-hybridized carbons (Fsp3) is 0.625. The Morgan fingerprint density at radius 1 is 1.26 bits per heavy atom. The van der Waals surface area contributed by atoms with Crippen molar-refractivity contribution in [3.8, 4) is 0 Å². The molecule has 104 valence electrons. The van der Waals surface area contributed by atoms with Crippen LogP contribution in [0, 0.1) is 12.7 Å². The number of aliphatic hydroxyl groups is 1. The van der Waals surface area contributed by atoms with Crippen molar-refractivity contribution in [2.75, 3.05) is 7.05 Å². The summed E-state index contributed by atoms with van der Waals surface area (Å²) in [6.45, 7) is 1.88. The Balaban J connectivity index is 1.95. The first kappa shape index (κ1) is 13.1. The Labute approximate surface area is 114 Å². The molecule has 0 aromatic heterocycles. The first-order valence-corrected chi connectivity index (χ1v) is 7.20. The molecule has 2 atom stereocenters. The fourth-order valence-electron chi connectivity index (χ4n) is 3.87. The molecule has 0 amide bonds. The first-order chi connectivity index (χ1) is 8.99. The molecule has 0 radical (unpaired) electrons. The number of fused-ring (bicyclic) bond motifs is 2. The number of piperidine rings is 2. The summed E-state index contributed by atoms with van der Waals surface area (Å²) in [6.07, 6.45) is 4.76. The predicted molar refractivity (Wildman–Crippen MR) is 73.5 cm³/mol. The standard InChI is InChI=1S/C16H22FNO/c1-11-6-7-14(15(17)8-11)16(19)9-12-4-3-5-13(10-16)18(12)2/h6-8,12-13,19H,3-5,9-10H2,1-2H3. The van der Waals surface area contributed by atoms with Crippen molar-refractivity contribution in [1.29, 1.82) is 0 Å². The maximum atomic E-state index is 14.2. The van der Waals surface area contributed by atoms with E-state index in [1.165, 1.54) is 12.5 Å². The lowest BCUT2D eigenvalue weighted by atomic mass is 9.72. The monoisotopic (exact) mass is 263 g/mol. The number of benzene rings is 1. The van der Waals surface area contributed by atoms with Crippen molar-refractivity contribution in [2.45, 2.75) is 56.7 Å². The number of hydrogen-bond acceptors (Lipinski definition) is 2. The third kappa shape index (κ3) is 2.19. The van der Waals surface area contributed by atoms with E-state index in [9.17, 15) is 9.50 Å². The van der Waals surface area contributed by atoms with Gasteiger partial charge in [0.2, 0.25) is 0 Å². The minimum Gasteiger partial charge on any atom is -0.385 e. The summed E-state index contributed by atoms with van der Waals surface area (Å²) in [5, 5.41) is 11.0. The number of halogens is 1. The number of rotatable bonds is 1. The van der Waals surface area contributed by atoms with E-state index < -0.39 is 5.60 Å². The van der Waals surface area contributed by atoms with Crippen molar-refractivity contribution >= 4 is 0 Å². The van der Waals surface area contributed by atoms with Gasteiger partial charge in [-0.15, -0.1) is 0 Å². The molecule has 0 aliphatic carbocycles. The van der Waals surface area contributed by atoms with Gasteiger partial charge < -0.3 is 10.0 Å². The van der Waals surface area contributed by atoms with Gasteiger partial charge in [0.25, 0.3) is 0 Å². The van der Waals surface area contributed by atoms with Crippen LogP contribution in [0.5, 0.6) is 0 Å². The molecule has 1 aromatic rings. The number of hydrogen-bond donors (Lipinski definition) is 1. The number of nitrogens with zero attached hydrogens (tertiary/aromatic N) is 1. The highest BCUT2D eigenvalue weighted by atomic mass is 19.1. The molecule has 0 saturated carbocycles. The van der Waals surface area contributed by atoms with Crippen molar-refractivity contribution in [3.05, 3.63) is 35.1 Å². The van der Waals surface area contributed by atoms with Gasteiger partial charge >= 0.3 is 0 Å². The van der Waals surface area contributed by atoms with Crippen LogP contribution in [-0.4, -0.2) is 29.1 Å². The molecule has 2 unspecified atom stereocenters. The molecule has 19 heavy (non-hydrogen) atoms. The summed E-state index contributed by atoms with van der Waals surface area (Å²) < 4.78 is 14.2. The van der Waals surface area contributed by atoms with E-state index >= 15 is 0 Å². The van der Waals surface area contributed by atoms with Gasteiger partial charge in [-0.3, -0.25) is 0 Å². The summed E-state index contributed by atoms with van der Waals surface area (Å²) in [4.78, 5) is 2.38. The van der Waals surface area contributed by atoms with E-state index in [2.05, 4.69) is 11.9 Å². The van der Waals surface area contributed by atoms with Gasteiger partial charge in [0.15, 0.2) is 0 Å². The van der Waals surface area contributed by atoms with E-state index in [-0.39, 0.29) is 5.82 Å². The Hall–Kier alpha value is -0.930. The highest BCUT2D eigenvalue weighted by molar-refractivity contribution is 5.29. The van der Waals surface area contributed by atoms with Gasteiger partial charge in [-0.2, -0.15) is 0 Å². The third-order valence-corrected chi connectivity index (χ3v) is 5.00. The summed E-state index contributed by atoms with van der Waals surface area (Å²) in [5.41, 5.74) is 0.404. The van der Waals surface area contributed by atoms with Crippen LogP contribution in [0.15, 0.2) is 18.2 Å². The van der Waals surface area contributed by atoms with Crippen molar-refractivity contribution in [3.63, 3.8) is 0 Å². The molecule has 2 aliphatic heterocycles. The molecule has 2 nitrogen and oxygen atoms in total. The van der Waals surface area contributed by atoms with Crippen LogP contribution in [-0.2, 0) is 5.60 Å². The van der Waals surface area contributed by atoms with E-state index in [4.69, 9.17) is 0 Å². The molecular weight excluding hydrogens is 241 g/mol. The first-order valence-electron chi connectivity index (χ1n) is 7.20. The molecule has 1 N–H and O–H groups in total. The SMILES string of the molecule is Cc1ccc(C2(O)CC3CCCC(C2)N3C)c(F)c1. The Bertz CT molecular complexity index is 474. The molecule has 3 rings (SSSR count). The lowest BCUT2D eigenvalue weighted by molar-refractivity contribution is -0.0891. The van der Waals surface area contributed by atoms with E-state index in [0.717, 1.165) is 18.4 Å². The lowest BCUT2D eigenvalue weighted by Gasteiger charge is -2.50. The fourth-order valence-corrected chi connectivity index (χ4v) is 3.87. The van der Waals surface area contributed by atoms with Gasteiger partial charge in [0.1, 0.15) is 5.82 Å². The molecule has 2 heterocycles. The largest absolute Gasteiger partial charge is 0.385 e. The average molecular weight is 263 g/mol. The zero-order valence-electron chi connectivity index (χ0n) is 11.7. The van der Waals surface area contributed by atoms with E-state index in [1.54, 1.807) is 6.07 Å². The zero-order valence-corrected chi connectivity index (χ0v) is 11.7. The second-order valence-corrected chi connectivity index (χ2v) is 6.33. The van der Waals surface area contributed by atoms with Crippen LogP contribution >= 0.6 is 0 Å². The lowest BCUT2D eigenvalue weighted by Crippen LogP contribution is -2.55. The third-order valence-electron chi connectivity index (χ3n) is 5.00. The minimum atomic E-state index is -0.986. The average Bonchev–Trinajstić information content (AvgIpc) is 2.31. The maximum Gasteiger partial charge on any atom is 0.129 e. The molecule has 1 aromatic carbocycles. The van der Waals surface area contributed by atoms with Crippen molar-refractivity contribution in [2.24, 2.45) is 0 Å². The molecule has 2 aliphatic rings. The summed E-state index contributed by atoms with van der Waals surface area (Å²) in [5.74, 6) is -0.259. The molecule has 2 fully saturated rings. The topological polar surface area (TPSA) is 23.5 Å². The van der Waals surface area contributed by atoms with Gasteiger partial charge in [0, 0.05) is 17.6 Å². The quantitative estimate of drug-likeness (QED) is 0.842. The predicted octanol–water partition coefficient (Wildman–Crippen LogP) is 2.97. The Kier molecular flexibility index (Phi) is 3.14. The number of aryl methyl sites for hydroxylation is 1. The Morgan fingerprint density at radius 2 is 1.89 bits per heavy atom. The van der Waals surface area contributed by atoms with Crippen LogP contribution in [0.1, 0.15) is 43.2 Å². The maximum absolute atomic E-state index is 14.2. The van der Waals surface area contributed by atoms with Gasteiger partial charge in [0.05, 0.1) is 5.60 Å². The van der Waals surface area contributed by atoms with E-state index in [1.807, 2.05) is 13.0 Å².